The summed E-state index contributed by atoms with van der Waals surface area (Å²) >= 11 is 0. The molecule has 3 aromatic rings. The molecule has 0 aliphatic carbocycles. The lowest BCUT2D eigenvalue weighted by molar-refractivity contribution is -0.662. The fourth-order valence-electron chi connectivity index (χ4n) is 6.64. The molecule has 3 aliphatic rings. The molecular formula is C35H43ClN4O3. The Labute approximate surface area is 261 Å². The van der Waals surface area contributed by atoms with E-state index in [4.69, 9.17) is 4.74 Å². The summed E-state index contributed by atoms with van der Waals surface area (Å²) in [6, 6.07) is 25.2. The van der Waals surface area contributed by atoms with Crippen molar-refractivity contribution >= 4 is 17.5 Å². The molecule has 43 heavy (non-hydrogen) atoms. The van der Waals surface area contributed by atoms with Gasteiger partial charge in [-0.05, 0) is 67.5 Å². The number of carbonyl (C=O) groups is 2. The van der Waals surface area contributed by atoms with Crippen LogP contribution in [0, 0.1) is 5.92 Å². The van der Waals surface area contributed by atoms with Crippen LogP contribution in [-0.2, 0) is 22.6 Å². The molecule has 0 bridgehead atoms. The number of nitrogens with two attached hydrogens (primary N) is 1. The van der Waals surface area contributed by atoms with Crippen LogP contribution in [0.2, 0.25) is 0 Å². The van der Waals surface area contributed by atoms with E-state index < -0.39 is 5.60 Å². The van der Waals surface area contributed by atoms with Crippen LogP contribution in [0.3, 0.4) is 0 Å². The van der Waals surface area contributed by atoms with E-state index in [1.165, 1.54) is 22.3 Å². The van der Waals surface area contributed by atoms with Gasteiger partial charge in [-0.25, -0.2) is 0 Å². The Morgan fingerprint density at radius 1 is 0.837 bits per heavy atom. The van der Waals surface area contributed by atoms with Crippen LogP contribution in [0.25, 0.3) is 11.1 Å². The predicted octanol–water partition coefficient (Wildman–Crippen LogP) is 0.722. The SMILES string of the molecule is CC(C)(Oc1cccc(N2CCC[C@@H](C(=O)N3CCc4cc(-c5ccccc5)ccc4C3)C2)c1)C(=O)N1CC[NH2+]CC1.[Cl-]. The first kappa shape index (κ1) is 30.9. The lowest BCUT2D eigenvalue weighted by Gasteiger charge is -2.38. The summed E-state index contributed by atoms with van der Waals surface area (Å²) in [7, 11) is 0. The Bertz CT molecular complexity index is 1420. The number of amides is 2. The van der Waals surface area contributed by atoms with E-state index >= 15 is 0 Å². The third kappa shape index (κ3) is 7.00. The zero-order valence-corrected chi connectivity index (χ0v) is 26.1. The van der Waals surface area contributed by atoms with Gasteiger partial charge in [0, 0.05) is 37.9 Å². The molecule has 2 fully saturated rings. The van der Waals surface area contributed by atoms with Crippen molar-refractivity contribution in [1.82, 2.24) is 9.80 Å². The summed E-state index contributed by atoms with van der Waals surface area (Å²) in [6.07, 6.45) is 2.78. The zero-order chi connectivity index (χ0) is 29.1. The summed E-state index contributed by atoms with van der Waals surface area (Å²) in [5.74, 6) is 0.951. The molecule has 0 radical (unpaired) electrons. The second-order valence-electron chi connectivity index (χ2n) is 12.4. The number of benzene rings is 3. The number of fused-ring (bicyclic) bond motifs is 1. The molecule has 7 nitrogen and oxygen atoms in total. The molecule has 3 aliphatic heterocycles. The molecule has 3 aromatic carbocycles. The van der Waals surface area contributed by atoms with Crippen molar-refractivity contribution in [3.05, 3.63) is 83.9 Å². The Morgan fingerprint density at radius 3 is 2.42 bits per heavy atom. The lowest BCUT2D eigenvalue weighted by Crippen LogP contribution is -3.00. The van der Waals surface area contributed by atoms with Crippen LogP contribution in [0.15, 0.2) is 72.8 Å². The first-order valence-electron chi connectivity index (χ1n) is 15.5. The summed E-state index contributed by atoms with van der Waals surface area (Å²) in [6.45, 7) is 10.2. The number of hydrogen-bond acceptors (Lipinski definition) is 4. The van der Waals surface area contributed by atoms with Gasteiger partial charge in [-0.1, -0.05) is 54.6 Å². The van der Waals surface area contributed by atoms with Gasteiger partial charge in [-0.15, -0.1) is 0 Å². The number of ether oxygens (including phenoxy) is 1. The second kappa shape index (κ2) is 13.4. The van der Waals surface area contributed by atoms with Crippen molar-refractivity contribution in [2.24, 2.45) is 5.92 Å². The normalized spacial score (nSPS) is 18.8. The standard InChI is InChI=1S/C35H42N4O3.ClH/c1-35(2,34(41)37-20-16-36-17-21-37)42-32-12-6-11-31(23-32)38-18-7-10-30(25-38)33(40)39-19-15-28-22-27(13-14-29(28)24-39)26-8-4-3-5-9-26;/h3-6,8-9,11-14,22-23,30,36H,7,10,15-21,24-25H2,1-2H3;1H/t30-;/m1./s1. The number of piperidine rings is 1. The van der Waals surface area contributed by atoms with Crippen LogP contribution >= 0.6 is 0 Å². The van der Waals surface area contributed by atoms with Crippen molar-refractivity contribution in [1.29, 1.82) is 0 Å². The molecule has 0 unspecified atom stereocenters. The van der Waals surface area contributed by atoms with Crippen LogP contribution in [0.1, 0.15) is 37.8 Å². The maximum absolute atomic E-state index is 13.7. The van der Waals surface area contributed by atoms with Gasteiger partial charge in [0.15, 0.2) is 5.60 Å². The summed E-state index contributed by atoms with van der Waals surface area (Å²) in [5.41, 5.74) is 5.17. The number of anilines is 1. The van der Waals surface area contributed by atoms with Gasteiger partial charge in [-0.2, -0.15) is 0 Å². The van der Waals surface area contributed by atoms with Gasteiger partial charge in [0.25, 0.3) is 5.91 Å². The van der Waals surface area contributed by atoms with E-state index in [0.29, 0.717) is 18.8 Å². The number of rotatable bonds is 6. The zero-order valence-electron chi connectivity index (χ0n) is 25.3. The second-order valence-corrected chi connectivity index (χ2v) is 12.4. The molecule has 2 saturated heterocycles. The van der Waals surface area contributed by atoms with Crippen molar-refractivity contribution < 1.29 is 32.0 Å². The smallest absolute Gasteiger partial charge is 0.266 e. The topological polar surface area (TPSA) is 69.7 Å². The molecule has 2 amide bonds. The number of halogens is 1. The molecule has 6 rings (SSSR count). The third-order valence-corrected chi connectivity index (χ3v) is 8.97. The highest BCUT2D eigenvalue weighted by Gasteiger charge is 2.36. The fraction of sp³-hybridized carbons (Fsp3) is 0.429. The number of carbonyl (C=O) groups excluding carboxylic acids is 2. The Morgan fingerprint density at radius 2 is 1.63 bits per heavy atom. The van der Waals surface area contributed by atoms with Crippen LogP contribution in [-0.4, -0.2) is 73.0 Å². The Balaban J connectivity index is 0.00000368. The van der Waals surface area contributed by atoms with Gasteiger partial charge in [0.05, 0.1) is 32.1 Å². The number of nitrogens with zero attached hydrogens (tertiary/aromatic N) is 3. The minimum atomic E-state index is -0.942. The van der Waals surface area contributed by atoms with Crippen LogP contribution in [0.5, 0.6) is 5.75 Å². The lowest BCUT2D eigenvalue weighted by atomic mass is 9.92. The monoisotopic (exact) mass is 602 g/mol. The van der Waals surface area contributed by atoms with E-state index in [-0.39, 0.29) is 30.1 Å². The third-order valence-electron chi connectivity index (χ3n) is 8.97. The van der Waals surface area contributed by atoms with E-state index in [1.54, 1.807) is 0 Å². The molecular weight excluding hydrogens is 560 g/mol. The molecule has 2 N–H and O–H groups in total. The van der Waals surface area contributed by atoms with Gasteiger partial charge < -0.3 is 37.2 Å². The largest absolute Gasteiger partial charge is 1.00 e. The first-order valence-corrected chi connectivity index (χ1v) is 15.5. The van der Waals surface area contributed by atoms with Crippen molar-refractivity contribution in [2.75, 3.05) is 50.7 Å². The van der Waals surface area contributed by atoms with Crippen molar-refractivity contribution in [2.45, 2.75) is 45.3 Å². The van der Waals surface area contributed by atoms with E-state index in [0.717, 1.165) is 64.2 Å². The fourth-order valence-corrected chi connectivity index (χ4v) is 6.64. The average Bonchev–Trinajstić information content (AvgIpc) is 3.04. The molecule has 0 aromatic heterocycles. The number of quaternary nitrogens is 1. The highest BCUT2D eigenvalue weighted by Crippen LogP contribution is 2.31. The minimum absolute atomic E-state index is 0. The molecule has 3 heterocycles. The number of hydrogen-bond donors (Lipinski definition) is 1. The number of piperazine rings is 1. The summed E-state index contributed by atoms with van der Waals surface area (Å²) in [4.78, 5) is 33.2. The Kier molecular flexibility index (Phi) is 9.62. The molecule has 8 heteroatoms. The maximum atomic E-state index is 13.7. The van der Waals surface area contributed by atoms with Crippen LogP contribution < -0.4 is 27.4 Å². The van der Waals surface area contributed by atoms with Crippen molar-refractivity contribution in [3.8, 4) is 16.9 Å². The van der Waals surface area contributed by atoms with Gasteiger partial charge in [0.2, 0.25) is 5.91 Å². The molecule has 0 saturated carbocycles. The summed E-state index contributed by atoms with van der Waals surface area (Å²) < 4.78 is 6.28. The predicted molar refractivity (Wildman–Crippen MR) is 165 cm³/mol. The van der Waals surface area contributed by atoms with Gasteiger partial charge in [0.1, 0.15) is 5.75 Å². The summed E-state index contributed by atoms with van der Waals surface area (Å²) in [5, 5.41) is 2.24. The van der Waals surface area contributed by atoms with E-state index in [1.807, 2.05) is 43.0 Å². The van der Waals surface area contributed by atoms with Crippen LogP contribution in [0.4, 0.5) is 5.69 Å². The maximum Gasteiger partial charge on any atom is 0.266 e. The van der Waals surface area contributed by atoms with Gasteiger partial charge in [-0.3, -0.25) is 9.59 Å². The Hall–Kier alpha value is -3.55. The molecule has 0 spiro atoms. The van der Waals surface area contributed by atoms with E-state index in [2.05, 4.69) is 63.6 Å². The highest BCUT2D eigenvalue weighted by molar-refractivity contribution is 5.85. The van der Waals surface area contributed by atoms with Gasteiger partial charge >= 0.3 is 0 Å². The highest BCUT2D eigenvalue weighted by atomic mass is 35.5. The average molecular weight is 603 g/mol. The quantitative estimate of drug-likeness (QED) is 0.452. The van der Waals surface area contributed by atoms with Crippen molar-refractivity contribution in [3.63, 3.8) is 0 Å². The molecule has 228 valence electrons. The first-order chi connectivity index (χ1) is 20.4. The molecule has 1 atom stereocenters. The minimum Gasteiger partial charge on any atom is -1.00 e. The van der Waals surface area contributed by atoms with E-state index in [9.17, 15) is 9.59 Å².